The minimum Gasteiger partial charge on any atom is -0.221 e. The molecule has 0 fully saturated rings. The Morgan fingerprint density at radius 3 is 2.50 bits per heavy atom. The monoisotopic (exact) mass is 264 g/mol. The van der Waals surface area contributed by atoms with Crippen molar-refractivity contribution >= 4 is 11.6 Å². The van der Waals surface area contributed by atoms with Crippen molar-refractivity contribution < 1.29 is 0 Å². The fraction of sp³-hybridized carbons (Fsp3) is 0.462. The molecule has 0 saturated heterocycles. The van der Waals surface area contributed by atoms with Gasteiger partial charge in [0.05, 0.1) is 5.69 Å². The van der Waals surface area contributed by atoms with E-state index in [1.54, 1.807) is 6.07 Å². The van der Waals surface area contributed by atoms with Gasteiger partial charge in [0.15, 0.2) is 5.82 Å². The van der Waals surface area contributed by atoms with Gasteiger partial charge in [-0.15, -0.1) is 0 Å². The average Bonchev–Trinajstić information content (AvgIpc) is 2.57. The standard InChI is InChI=1S/C13H17ClN4/c1-5-6-12-15-11(14)7-13(16-12)18-10(4)8(2)9(3)17-18/h7H,5-6H2,1-4H3. The second-order valence-electron chi connectivity index (χ2n) is 4.42. The van der Waals surface area contributed by atoms with E-state index in [4.69, 9.17) is 11.6 Å². The molecule has 5 heteroatoms. The van der Waals surface area contributed by atoms with Crippen molar-refractivity contribution in [3.63, 3.8) is 0 Å². The molecular weight excluding hydrogens is 248 g/mol. The van der Waals surface area contributed by atoms with Gasteiger partial charge >= 0.3 is 0 Å². The molecule has 0 spiro atoms. The lowest BCUT2D eigenvalue weighted by atomic mass is 10.2. The number of aryl methyl sites for hydroxylation is 2. The van der Waals surface area contributed by atoms with Gasteiger partial charge in [-0.1, -0.05) is 18.5 Å². The summed E-state index contributed by atoms with van der Waals surface area (Å²) < 4.78 is 1.83. The van der Waals surface area contributed by atoms with Gasteiger partial charge in [0.1, 0.15) is 11.0 Å². The maximum Gasteiger partial charge on any atom is 0.158 e. The molecule has 2 rings (SSSR count). The summed E-state index contributed by atoms with van der Waals surface area (Å²) in [6, 6.07) is 1.75. The van der Waals surface area contributed by atoms with Gasteiger partial charge in [0.2, 0.25) is 0 Å². The third kappa shape index (κ3) is 2.38. The van der Waals surface area contributed by atoms with E-state index >= 15 is 0 Å². The van der Waals surface area contributed by atoms with Gasteiger partial charge < -0.3 is 0 Å². The molecule has 18 heavy (non-hydrogen) atoms. The van der Waals surface area contributed by atoms with Crippen molar-refractivity contribution in [2.45, 2.75) is 40.5 Å². The molecule has 0 aromatic carbocycles. The summed E-state index contributed by atoms with van der Waals surface area (Å²) >= 11 is 6.04. The van der Waals surface area contributed by atoms with Crippen molar-refractivity contribution in [1.29, 1.82) is 0 Å². The van der Waals surface area contributed by atoms with Crippen LogP contribution >= 0.6 is 11.6 Å². The summed E-state index contributed by atoms with van der Waals surface area (Å²) in [5.41, 5.74) is 3.28. The second kappa shape index (κ2) is 5.06. The highest BCUT2D eigenvalue weighted by Gasteiger charge is 2.11. The number of hydrogen-bond donors (Lipinski definition) is 0. The Kier molecular flexibility index (Phi) is 3.66. The molecule has 96 valence electrons. The molecule has 0 radical (unpaired) electrons. The number of aromatic nitrogens is 4. The van der Waals surface area contributed by atoms with E-state index in [0.29, 0.717) is 5.15 Å². The topological polar surface area (TPSA) is 43.6 Å². The van der Waals surface area contributed by atoms with Crippen LogP contribution in [0.3, 0.4) is 0 Å². The molecule has 0 N–H and O–H groups in total. The summed E-state index contributed by atoms with van der Waals surface area (Å²) in [4.78, 5) is 8.73. The Hall–Kier alpha value is -1.42. The molecule has 0 aliphatic carbocycles. The van der Waals surface area contributed by atoms with Crippen molar-refractivity contribution in [2.75, 3.05) is 0 Å². The quantitative estimate of drug-likeness (QED) is 0.800. The molecule has 2 aromatic heterocycles. The van der Waals surface area contributed by atoms with E-state index in [-0.39, 0.29) is 0 Å². The molecule has 0 unspecified atom stereocenters. The zero-order valence-corrected chi connectivity index (χ0v) is 11.9. The van der Waals surface area contributed by atoms with Crippen molar-refractivity contribution in [1.82, 2.24) is 19.7 Å². The third-order valence-corrected chi connectivity index (χ3v) is 3.27. The first-order valence-electron chi connectivity index (χ1n) is 6.09. The first-order chi connectivity index (χ1) is 8.52. The Labute approximate surface area is 112 Å². The van der Waals surface area contributed by atoms with Crippen molar-refractivity contribution in [3.8, 4) is 5.82 Å². The van der Waals surface area contributed by atoms with Gasteiger partial charge in [-0.25, -0.2) is 14.6 Å². The molecule has 0 aliphatic rings. The first-order valence-corrected chi connectivity index (χ1v) is 6.47. The normalized spacial score (nSPS) is 10.9. The van der Waals surface area contributed by atoms with E-state index in [2.05, 4.69) is 28.9 Å². The zero-order chi connectivity index (χ0) is 13.3. The number of hydrogen-bond acceptors (Lipinski definition) is 3. The lowest BCUT2D eigenvalue weighted by molar-refractivity contribution is 0.765. The van der Waals surface area contributed by atoms with Crippen LogP contribution in [0.25, 0.3) is 5.82 Å². The van der Waals surface area contributed by atoms with Crippen molar-refractivity contribution in [2.24, 2.45) is 0 Å². The predicted octanol–water partition coefficient (Wildman–Crippen LogP) is 3.19. The zero-order valence-electron chi connectivity index (χ0n) is 11.2. The maximum absolute atomic E-state index is 6.04. The molecule has 2 aromatic rings. The van der Waals surface area contributed by atoms with E-state index in [9.17, 15) is 0 Å². The van der Waals surface area contributed by atoms with Gasteiger partial charge in [0, 0.05) is 18.2 Å². The maximum atomic E-state index is 6.04. The highest BCUT2D eigenvalue weighted by Crippen LogP contribution is 2.18. The number of nitrogens with zero attached hydrogens (tertiary/aromatic N) is 4. The van der Waals surface area contributed by atoms with Crippen LogP contribution in [0.2, 0.25) is 5.15 Å². The lowest BCUT2D eigenvalue weighted by Crippen LogP contribution is -2.06. The highest BCUT2D eigenvalue weighted by atomic mass is 35.5. The molecule has 0 bridgehead atoms. The summed E-state index contributed by atoms with van der Waals surface area (Å²) in [6.07, 6.45) is 1.82. The van der Waals surface area contributed by atoms with Gasteiger partial charge in [-0.2, -0.15) is 5.10 Å². The highest BCUT2D eigenvalue weighted by molar-refractivity contribution is 6.29. The van der Waals surface area contributed by atoms with Crippen LogP contribution in [0.4, 0.5) is 0 Å². The molecule has 0 aliphatic heterocycles. The van der Waals surface area contributed by atoms with E-state index in [0.717, 1.165) is 35.9 Å². The molecule has 0 saturated carbocycles. The molecule has 0 atom stereocenters. The predicted molar refractivity (Wildman–Crippen MR) is 72.4 cm³/mol. The Morgan fingerprint density at radius 2 is 1.94 bits per heavy atom. The number of halogens is 1. The number of rotatable bonds is 3. The summed E-state index contributed by atoms with van der Waals surface area (Å²) in [5, 5.41) is 4.96. The smallest absolute Gasteiger partial charge is 0.158 e. The van der Waals surface area contributed by atoms with Gasteiger partial charge in [0.25, 0.3) is 0 Å². The summed E-state index contributed by atoms with van der Waals surface area (Å²) in [6.45, 7) is 8.18. The second-order valence-corrected chi connectivity index (χ2v) is 4.81. The fourth-order valence-electron chi connectivity index (χ4n) is 1.84. The minimum absolute atomic E-state index is 0.466. The molecular formula is C13H17ClN4. The molecule has 2 heterocycles. The average molecular weight is 265 g/mol. The van der Waals surface area contributed by atoms with E-state index in [1.165, 1.54) is 5.56 Å². The van der Waals surface area contributed by atoms with E-state index in [1.807, 2.05) is 18.5 Å². The Bertz CT molecular complexity index is 575. The van der Waals surface area contributed by atoms with Crippen LogP contribution in [0, 0.1) is 20.8 Å². The van der Waals surface area contributed by atoms with E-state index < -0.39 is 0 Å². The van der Waals surface area contributed by atoms with Crippen LogP contribution in [-0.2, 0) is 6.42 Å². The third-order valence-electron chi connectivity index (χ3n) is 3.07. The van der Waals surface area contributed by atoms with Crippen LogP contribution in [0.5, 0.6) is 0 Å². The molecule has 4 nitrogen and oxygen atoms in total. The van der Waals surface area contributed by atoms with Crippen LogP contribution in [0.1, 0.15) is 36.1 Å². The SMILES string of the molecule is CCCc1nc(Cl)cc(-n2nc(C)c(C)c2C)n1. The Balaban J connectivity index is 2.52. The van der Waals surface area contributed by atoms with Crippen LogP contribution in [-0.4, -0.2) is 19.7 Å². The molecule has 0 amide bonds. The van der Waals surface area contributed by atoms with Gasteiger partial charge in [-0.3, -0.25) is 0 Å². The Morgan fingerprint density at radius 1 is 1.22 bits per heavy atom. The summed E-state index contributed by atoms with van der Waals surface area (Å²) in [5.74, 6) is 1.51. The van der Waals surface area contributed by atoms with Crippen LogP contribution in [0.15, 0.2) is 6.07 Å². The minimum atomic E-state index is 0.466. The van der Waals surface area contributed by atoms with Gasteiger partial charge in [-0.05, 0) is 32.8 Å². The van der Waals surface area contributed by atoms with Crippen molar-refractivity contribution in [3.05, 3.63) is 34.0 Å². The first kappa shape index (κ1) is 13.0. The lowest BCUT2D eigenvalue weighted by Gasteiger charge is -2.06. The largest absolute Gasteiger partial charge is 0.221 e. The summed E-state index contributed by atoms with van der Waals surface area (Å²) in [7, 11) is 0. The fourth-order valence-corrected chi connectivity index (χ4v) is 2.03. The van der Waals surface area contributed by atoms with Crippen LogP contribution < -0.4 is 0 Å².